The molecule has 0 saturated carbocycles. The minimum atomic E-state index is -0.644. The summed E-state index contributed by atoms with van der Waals surface area (Å²) in [6.45, 7) is 1.70. The second kappa shape index (κ2) is 7.35. The van der Waals surface area contributed by atoms with Gasteiger partial charge in [-0.05, 0) is 24.6 Å². The third kappa shape index (κ3) is 4.50. The topological polar surface area (TPSA) is 96.9 Å². The summed E-state index contributed by atoms with van der Waals surface area (Å²) in [6, 6.07) is 5.40. The zero-order valence-corrected chi connectivity index (χ0v) is 12.8. The van der Waals surface area contributed by atoms with Crippen molar-refractivity contribution in [2.75, 3.05) is 19.0 Å². The lowest BCUT2D eigenvalue weighted by atomic mass is 10.1. The molecule has 1 heterocycles. The number of nitrogens with one attached hydrogen (secondary N) is 2. The predicted molar refractivity (Wildman–Crippen MR) is 85.5 cm³/mol. The summed E-state index contributed by atoms with van der Waals surface area (Å²) < 4.78 is 5.17. The van der Waals surface area contributed by atoms with Crippen molar-refractivity contribution in [1.82, 2.24) is 5.32 Å². The van der Waals surface area contributed by atoms with E-state index in [1.165, 1.54) is 25.5 Å². The Kier molecular flexibility index (Phi) is 5.24. The number of aryl methyl sites for hydroxylation is 1. The first-order valence-electron chi connectivity index (χ1n) is 6.98. The first-order chi connectivity index (χ1) is 11.0. The summed E-state index contributed by atoms with van der Waals surface area (Å²) in [6.07, 6.45) is 3.91. The monoisotopic (exact) mass is 315 g/mol. The largest absolute Gasteiger partial charge is 0.495 e. The number of dihydropyridines is 1. The van der Waals surface area contributed by atoms with Crippen molar-refractivity contribution in [3.8, 4) is 5.75 Å². The second-order valence-corrected chi connectivity index (χ2v) is 4.97. The van der Waals surface area contributed by atoms with Gasteiger partial charge in [0, 0.05) is 12.3 Å². The molecule has 1 aromatic rings. The minimum absolute atomic E-state index is 0.192. The molecule has 0 aliphatic carbocycles. The van der Waals surface area contributed by atoms with Crippen LogP contribution in [-0.2, 0) is 14.4 Å². The van der Waals surface area contributed by atoms with Crippen LogP contribution < -0.4 is 15.4 Å². The highest BCUT2D eigenvalue weighted by Crippen LogP contribution is 2.24. The number of hydrogen-bond donors (Lipinski definition) is 2. The van der Waals surface area contributed by atoms with Crippen molar-refractivity contribution in [2.24, 2.45) is 10.9 Å². The fourth-order valence-corrected chi connectivity index (χ4v) is 1.99. The predicted octanol–water partition coefficient (Wildman–Crippen LogP) is 0.842. The molecule has 1 unspecified atom stereocenters. The number of amides is 3. The molecule has 0 radical (unpaired) electrons. The molecule has 1 aliphatic rings. The molecule has 1 aromatic carbocycles. The van der Waals surface area contributed by atoms with Gasteiger partial charge in [-0.25, -0.2) is 4.99 Å². The molecule has 120 valence electrons. The molecule has 0 saturated heterocycles. The Morgan fingerprint density at radius 3 is 2.78 bits per heavy atom. The highest BCUT2D eigenvalue weighted by atomic mass is 16.5. The zero-order valence-electron chi connectivity index (χ0n) is 12.8. The van der Waals surface area contributed by atoms with Gasteiger partial charge in [-0.1, -0.05) is 12.1 Å². The number of aliphatic imine (C=N–C) groups is 1. The summed E-state index contributed by atoms with van der Waals surface area (Å²) >= 11 is 0. The number of ether oxygens (including phenoxy) is 1. The normalized spacial score (nSPS) is 16.1. The van der Waals surface area contributed by atoms with Gasteiger partial charge in [0.1, 0.15) is 5.75 Å². The van der Waals surface area contributed by atoms with Crippen LogP contribution in [0.1, 0.15) is 5.56 Å². The maximum atomic E-state index is 11.9. The summed E-state index contributed by atoms with van der Waals surface area (Å²) in [4.78, 5) is 38.2. The van der Waals surface area contributed by atoms with Crippen molar-refractivity contribution in [3.63, 3.8) is 0 Å². The van der Waals surface area contributed by atoms with Gasteiger partial charge in [0.25, 0.3) is 5.91 Å². The van der Waals surface area contributed by atoms with E-state index in [4.69, 9.17) is 4.74 Å². The lowest BCUT2D eigenvalue weighted by molar-refractivity contribution is -0.124. The van der Waals surface area contributed by atoms with Crippen molar-refractivity contribution in [3.05, 3.63) is 35.9 Å². The Morgan fingerprint density at radius 1 is 1.35 bits per heavy atom. The maximum Gasteiger partial charge on any atom is 0.269 e. The SMILES string of the molecule is COc1ccc(C)cc1NC(=O)CNC(=O)C1C=CC(=O)N=C1. The van der Waals surface area contributed by atoms with Crippen molar-refractivity contribution in [2.45, 2.75) is 6.92 Å². The molecule has 7 nitrogen and oxygen atoms in total. The molecular formula is C16H17N3O4. The summed E-state index contributed by atoms with van der Waals surface area (Å²) in [5, 5.41) is 5.18. The van der Waals surface area contributed by atoms with E-state index in [-0.39, 0.29) is 12.5 Å². The number of carbonyl (C=O) groups excluding carboxylic acids is 3. The molecule has 3 amide bonds. The third-order valence-electron chi connectivity index (χ3n) is 3.16. The first-order valence-corrected chi connectivity index (χ1v) is 6.98. The van der Waals surface area contributed by atoms with E-state index in [9.17, 15) is 14.4 Å². The number of benzene rings is 1. The van der Waals surface area contributed by atoms with Gasteiger partial charge in [0.2, 0.25) is 11.8 Å². The molecule has 0 fully saturated rings. The molecule has 1 aliphatic heterocycles. The number of hydrogen-bond acceptors (Lipinski definition) is 4. The van der Waals surface area contributed by atoms with Crippen LogP contribution in [0.15, 0.2) is 35.3 Å². The Labute approximate surface area is 133 Å². The smallest absolute Gasteiger partial charge is 0.269 e. The molecule has 0 spiro atoms. The molecule has 0 bridgehead atoms. The van der Waals surface area contributed by atoms with E-state index < -0.39 is 17.7 Å². The molecule has 1 atom stereocenters. The number of nitrogens with zero attached hydrogens (tertiary/aromatic N) is 1. The van der Waals surface area contributed by atoms with Crippen LogP contribution in [0.3, 0.4) is 0 Å². The van der Waals surface area contributed by atoms with Crippen LogP contribution in [0.4, 0.5) is 5.69 Å². The van der Waals surface area contributed by atoms with Gasteiger partial charge in [-0.3, -0.25) is 14.4 Å². The van der Waals surface area contributed by atoms with Crippen molar-refractivity contribution < 1.29 is 19.1 Å². The Morgan fingerprint density at radius 2 is 2.13 bits per heavy atom. The van der Waals surface area contributed by atoms with E-state index >= 15 is 0 Å². The summed E-state index contributed by atoms with van der Waals surface area (Å²) in [7, 11) is 1.51. The fourth-order valence-electron chi connectivity index (χ4n) is 1.99. The van der Waals surface area contributed by atoms with Crippen LogP contribution in [0, 0.1) is 12.8 Å². The average molecular weight is 315 g/mol. The number of carbonyl (C=O) groups is 3. The highest BCUT2D eigenvalue weighted by molar-refractivity contribution is 6.06. The quantitative estimate of drug-likeness (QED) is 0.841. The average Bonchev–Trinajstić information content (AvgIpc) is 2.53. The van der Waals surface area contributed by atoms with Crippen LogP contribution in [0.25, 0.3) is 0 Å². The van der Waals surface area contributed by atoms with E-state index in [0.29, 0.717) is 11.4 Å². The third-order valence-corrected chi connectivity index (χ3v) is 3.16. The zero-order chi connectivity index (χ0) is 16.8. The van der Waals surface area contributed by atoms with Crippen molar-refractivity contribution >= 4 is 29.6 Å². The molecule has 23 heavy (non-hydrogen) atoms. The molecular weight excluding hydrogens is 298 g/mol. The highest BCUT2D eigenvalue weighted by Gasteiger charge is 2.17. The molecule has 0 aromatic heterocycles. The lowest BCUT2D eigenvalue weighted by Crippen LogP contribution is -2.37. The summed E-state index contributed by atoms with van der Waals surface area (Å²) in [5.41, 5.74) is 1.51. The Balaban J connectivity index is 1.89. The maximum absolute atomic E-state index is 11.9. The standard InChI is InChI=1S/C16H17N3O4/c1-10-3-5-13(23-2)12(7-10)19-15(21)9-18-16(22)11-4-6-14(20)17-8-11/h3-8,11H,9H2,1-2H3,(H,18,22)(H,19,21). The second-order valence-electron chi connectivity index (χ2n) is 4.97. The van der Waals surface area contributed by atoms with E-state index in [0.717, 1.165) is 5.56 Å². The van der Waals surface area contributed by atoms with E-state index in [1.54, 1.807) is 12.1 Å². The van der Waals surface area contributed by atoms with Gasteiger partial charge >= 0.3 is 0 Å². The number of rotatable bonds is 5. The lowest BCUT2D eigenvalue weighted by Gasteiger charge is -2.13. The van der Waals surface area contributed by atoms with Gasteiger partial charge in [0.05, 0.1) is 25.3 Å². The molecule has 7 heteroatoms. The fraction of sp³-hybridized carbons (Fsp3) is 0.250. The first kappa shape index (κ1) is 16.4. The van der Waals surface area contributed by atoms with Crippen LogP contribution in [0.5, 0.6) is 5.75 Å². The number of methoxy groups -OCH3 is 1. The van der Waals surface area contributed by atoms with Crippen LogP contribution in [0.2, 0.25) is 0 Å². The van der Waals surface area contributed by atoms with Crippen molar-refractivity contribution in [1.29, 1.82) is 0 Å². The Bertz CT molecular complexity index is 679. The van der Waals surface area contributed by atoms with E-state index in [2.05, 4.69) is 15.6 Å². The Hall–Kier alpha value is -2.96. The summed E-state index contributed by atoms with van der Waals surface area (Å²) in [5.74, 6) is -1.29. The van der Waals surface area contributed by atoms with Gasteiger partial charge in [-0.15, -0.1) is 0 Å². The van der Waals surface area contributed by atoms with Gasteiger partial charge < -0.3 is 15.4 Å². The number of anilines is 1. The molecule has 2 N–H and O–H groups in total. The molecule has 2 rings (SSSR count). The minimum Gasteiger partial charge on any atom is -0.495 e. The van der Waals surface area contributed by atoms with Gasteiger partial charge in [0.15, 0.2) is 0 Å². The van der Waals surface area contributed by atoms with E-state index in [1.807, 2.05) is 13.0 Å². The van der Waals surface area contributed by atoms with Crippen LogP contribution >= 0.6 is 0 Å². The van der Waals surface area contributed by atoms with Gasteiger partial charge in [-0.2, -0.15) is 0 Å². The van der Waals surface area contributed by atoms with Crippen LogP contribution in [-0.4, -0.2) is 37.6 Å².